The van der Waals surface area contributed by atoms with Crippen LogP contribution in [0.1, 0.15) is 18.4 Å². The van der Waals surface area contributed by atoms with Gasteiger partial charge < -0.3 is 10.4 Å². The molecule has 0 atom stereocenters. The first kappa shape index (κ1) is 11.4. The molecule has 16 heavy (non-hydrogen) atoms. The van der Waals surface area contributed by atoms with E-state index in [1.54, 1.807) is 6.07 Å². The van der Waals surface area contributed by atoms with E-state index in [0.717, 1.165) is 25.2 Å². The van der Waals surface area contributed by atoms with Crippen LogP contribution in [0, 0.1) is 0 Å². The number of nitrogens with one attached hydrogen (secondary N) is 1. The van der Waals surface area contributed by atoms with Crippen molar-refractivity contribution in [3.05, 3.63) is 29.8 Å². The lowest BCUT2D eigenvalue weighted by atomic mass is 10.0. The molecule has 1 aromatic rings. The molecule has 1 aliphatic rings. The first-order valence-electron chi connectivity index (χ1n) is 5.95. The molecule has 0 spiro atoms. The zero-order chi connectivity index (χ0) is 11.4. The van der Waals surface area contributed by atoms with Crippen molar-refractivity contribution < 1.29 is 5.11 Å². The Labute approximate surface area is 97.1 Å². The molecular weight excluding hydrogens is 200 g/mol. The van der Waals surface area contributed by atoms with Crippen molar-refractivity contribution in [2.24, 2.45) is 0 Å². The van der Waals surface area contributed by atoms with Crippen LogP contribution < -0.4 is 5.32 Å². The lowest BCUT2D eigenvalue weighted by molar-refractivity contribution is 0.190. The molecule has 0 aliphatic carbocycles. The zero-order valence-electron chi connectivity index (χ0n) is 9.82. The molecule has 1 aromatic carbocycles. The summed E-state index contributed by atoms with van der Waals surface area (Å²) in [5, 5.41) is 13.1. The lowest BCUT2D eigenvalue weighted by Crippen LogP contribution is -2.40. The second kappa shape index (κ2) is 5.32. The Hall–Kier alpha value is -1.06. The molecule has 0 aromatic heterocycles. The van der Waals surface area contributed by atoms with Gasteiger partial charge in [0, 0.05) is 18.2 Å². The van der Waals surface area contributed by atoms with E-state index in [9.17, 15) is 5.11 Å². The number of rotatable bonds is 3. The van der Waals surface area contributed by atoms with Gasteiger partial charge in [-0.25, -0.2) is 0 Å². The maximum atomic E-state index is 9.72. The van der Waals surface area contributed by atoms with E-state index in [0.29, 0.717) is 11.8 Å². The fraction of sp³-hybridized carbons (Fsp3) is 0.538. The van der Waals surface area contributed by atoms with Gasteiger partial charge in [-0.05, 0) is 39.0 Å². The molecule has 0 bridgehead atoms. The van der Waals surface area contributed by atoms with Crippen molar-refractivity contribution in [3.8, 4) is 5.75 Å². The van der Waals surface area contributed by atoms with E-state index in [1.807, 2.05) is 18.2 Å². The summed E-state index contributed by atoms with van der Waals surface area (Å²) in [6.07, 6.45) is 2.40. The van der Waals surface area contributed by atoms with Crippen LogP contribution in [0.15, 0.2) is 24.3 Å². The molecule has 0 saturated carbocycles. The molecule has 2 rings (SSSR count). The maximum Gasteiger partial charge on any atom is 0.120 e. The van der Waals surface area contributed by atoms with Crippen molar-refractivity contribution in [2.45, 2.75) is 25.4 Å². The van der Waals surface area contributed by atoms with Gasteiger partial charge in [-0.1, -0.05) is 18.2 Å². The molecule has 0 unspecified atom stereocenters. The van der Waals surface area contributed by atoms with Crippen LogP contribution >= 0.6 is 0 Å². The summed E-state index contributed by atoms with van der Waals surface area (Å²) >= 11 is 0. The third kappa shape index (κ3) is 2.74. The predicted octanol–water partition coefficient (Wildman–Crippen LogP) is 1.58. The second-order valence-electron chi connectivity index (χ2n) is 4.53. The largest absolute Gasteiger partial charge is 0.508 e. The smallest absolute Gasteiger partial charge is 0.120 e. The number of aromatic hydroxyl groups is 1. The van der Waals surface area contributed by atoms with E-state index >= 15 is 0 Å². The van der Waals surface area contributed by atoms with Gasteiger partial charge in [-0.2, -0.15) is 0 Å². The second-order valence-corrected chi connectivity index (χ2v) is 4.53. The summed E-state index contributed by atoms with van der Waals surface area (Å²) in [5.74, 6) is 0.406. The normalized spacial score (nSPS) is 17.9. The fourth-order valence-corrected chi connectivity index (χ4v) is 2.29. The highest BCUT2D eigenvalue weighted by molar-refractivity contribution is 5.31. The average molecular weight is 220 g/mol. The molecule has 88 valence electrons. The van der Waals surface area contributed by atoms with Crippen LogP contribution in [0.25, 0.3) is 0 Å². The maximum absolute atomic E-state index is 9.72. The molecule has 0 radical (unpaired) electrons. The highest BCUT2D eigenvalue weighted by atomic mass is 16.3. The van der Waals surface area contributed by atoms with Crippen LogP contribution in [0.3, 0.4) is 0 Å². The Morgan fingerprint density at radius 2 is 2.00 bits per heavy atom. The third-order valence-electron chi connectivity index (χ3n) is 3.34. The lowest BCUT2D eigenvalue weighted by Gasteiger charge is -2.31. The first-order chi connectivity index (χ1) is 7.77. The van der Waals surface area contributed by atoms with Crippen molar-refractivity contribution in [2.75, 3.05) is 20.1 Å². The standard InChI is InChI=1S/C13H20N2O/c1-15(12-6-8-14-9-7-12)10-11-4-2-3-5-13(11)16/h2-5,12,14,16H,6-10H2,1H3. The van der Waals surface area contributed by atoms with Gasteiger partial charge >= 0.3 is 0 Å². The molecule has 1 fully saturated rings. The molecule has 3 heteroatoms. The minimum Gasteiger partial charge on any atom is -0.508 e. The van der Waals surface area contributed by atoms with Gasteiger partial charge in [0.05, 0.1) is 0 Å². The minimum atomic E-state index is 0.406. The summed E-state index contributed by atoms with van der Waals surface area (Å²) in [4.78, 5) is 2.34. The van der Waals surface area contributed by atoms with E-state index in [2.05, 4.69) is 17.3 Å². The Morgan fingerprint density at radius 1 is 1.31 bits per heavy atom. The Morgan fingerprint density at radius 3 is 2.69 bits per heavy atom. The number of hydrogen-bond acceptors (Lipinski definition) is 3. The van der Waals surface area contributed by atoms with Crippen molar-refractivity contribution in [3.63, 3.8) is 0 Å². The Balaban J connectivity index is 1.96. The van der Waals surface area contributed by atoms with Crippen LogP contribution in [0.5, 0.6) is 5.75 Å². The van der Waals surface area contributed by atoms with Gasteiger partial charge in [-0.15, -0.1) is 0 Å². The van der Waals surface area contributed by atoms with Crippen LogP contribution in [0.4, 0.5) is 0 Å². The van der Waals surface area contributed by atoms with Gasteiger partial charge in [0.1, 0.15) is 5.75 Å². The minimum absolute atomic E-state index is 0.406. The van der Waals surface area contributed by atoms with E-state index in [4.69, 9.17) is 0 Å². The molecule has 0 amide bonds. The summed E-state index contributed by atoms with van der Waals surface area (Å²) in [7, 11) is 2.14. The molecule has 1 saturated heterocycles. The van der Waals surface area contributed by atoms with Crippen LogP contribution in [-0.2, 0) is 6.54 Å². The average Bonchev–Trinajstić information content (AvgIpc) is 2.33. The predicted molar refractivity (Wildman–Crippen MR) is 65.5 cm³/mol. The van der Waals surface area contributed by atoms with Crippen molar-refractivity contribution in [1.82, 2.24) is 10.2 Å². The monoisotopic (exact) mass is 220 g/mol. The first-order valence-corrected chi connectivity index (χ1v) is 5.95. The van der Waals surface area contributed by atoms with Gasteiger partial charge in [-0.3, -0.25) is 4.90 Å². The molecular formula is C13H20N2O. The van der Waals surface area contributed by atoms with Crippen molar-refractivity contribution in [1.29, 1.82) is 0 Å². The van der Waals surface area contributed by atoms with Crippen LogP contribution in [0.2, 0.25) is 0 Å². The molecule has 1 aliphatic heterocycles. The quantitative estimate of drug-likeness (QED) is 0.811. The number of hydrogen-bond donors (Lipinski definition) is 2. The van der Waals surface area contributed by atoms with E-state index < -0.39 is 0 Å². The molecule has 2 N–H and O–H groups in total. The third-order valence-corrected chi connectivity index (χ3v) is 3.34. The SMILES string of the molecule is CN(Cc1ccccc1O)C1CCNCC1. The zero-order valence-corrected chi connectivity index (χ0v) is 9.82. The summed E-state index contributed by atoms with van der Waals surface area (Å²) in [6.45, 7) is 3.04. The number of benzene rings is 1. The fourth-order valence-electron chi connectivity index (χ4n) is 2.29. The Bertz CT molecular complexity index is 334. The van der Waals surface area contributed by atoms with Gasteiger partial charge in [0.15, 0.2) is 0 Å². The van der Waals surface area contributed by atoms with E-state index in [-0.39, 0.29) is 0 Å². The number of phenolic OH excluding ortho intramolecular Hbond substituents is 1. The Kier molecular flexibility index (Phi) is 3.80. The number of piperidine rings is 1. The van der Waals surface area contributed by atoms with E-state index in [1.165, 1.54) is 12.8 Å². The van der Waals surface area contributed by atoms with Crippen molar-refractivity contribution >= 4 is 0 Å². The summed E-state index contributed by atoms with van der Waals surface area (Å²) in [5.41, 5.74) is 1.02. The van der Waals surface area contributed by atoms with Gasteiger partial charge in [0.25, 0.3) is 0 Å². The highest BCUT2D eigenvalue weighted by Gasteiger charge is 2.18. The molecule has 1 heterocycles. The van der Waals surface area contributed by atoms with Crippen LogP contribution in [-0.4, -0.2) is 36.2 Å². The summed E-state index contributed by atoms with van der Waals surface area (Å²) in [6, 6.07) is 8.23. The molecule has 3 nitrogen and oxygen atoms in total. The number of nitrogens with zero attached hydrogens (tertiary/aromatic N) is 1. The number of para-hydroxylation sites is 1. The van der Waals surface area contributed by atoms with Gasteiger partial charge in [0.2, 0.25) is 0 Å². The topological polar surface area (TPSA) is 35.5 Å². The summed E-state index contributed by atoms with van der Waals surface area (Å²) < 4.78 is 0. The highest BCUT2D eigenvalue weighted by Crippen LogP contribution is 2.20. The number of phenols is 1.